The Balaban J connectivity index is 1.81. The van der Waals surface area contributed by atoms with Crippen molar-refractivity contribution in [2.75, 3.05) is 66.3 Å². The van der Waals surface area contributed by atoms with Crippen molar-refractivity contribution < 1.29 is 22.7 Å². The van der Waals surface area contributed by atoms with Crippen molar-refractivity contribution in [3.63, 3.8) is 0 Å². The lowest BCUT2D eigenvalue weighted by Gasteiger charge is -2.33. The maximum absolute atomic E-state index is 12.3. The van der Waals surface area contributed by atoms with Gasteiger partial charge >= 0.3 is 0 Å². The van der Waals surface area contributed by atoms with Crippen LogP contribution in [0.5, 0.6) is 11.5 Å². The quantitative estimate of drug-likeness (QED) is 0.602. The fraction of sp³-hybridized carbons (Fsp3) is 0.611. The SMILES string of the molecule is COc1ccc(OCCN(CCC(=O)N2CCN(C)CC2)S(C)(=O)=O)cc1. The predicted molar refractivity (Wildman–Crippen MR) is 104 cm³/mol. The minimum absolute atomic E-state index is 0.00665. The van der Waals surface area contributed by atoms with Crippen LogP contribution in [-0.4, -0.2) is 94.7 Å². The van der Waals surface area contributed by atoms with Crippen molar-refractivity contribution in [3.8, 4) is 11.5 Å². The molecule has 1 saturated heterocycles. The van der Waals surface area contributed by atoms with Crippen LogP contribution in [0.2, 0.25) is 0 Å². The highest BCUT2D eigenvalue weighted by molar-refractivity contribution is 7.88. The summed E-state index contributed by atoms with van der Waals surface area (Å²) in [4.78, 5) is 16.3. The van der Waals surface area contributed by atoms with Gasteiger partial charge in [0.2, 0.25) is 15.9 Å². The van der Waals surface area contributed by atoms with E-state index in [1.54, 1.807) is 36.3 Å². The standard InChI is InChI=1S/C18H29N3O5S/c1-19-10-12-20(13-11-19)18(22)8-9-21(27(3,23)24)14-15-26-17-6-4-16(25-2)5-7-17/h4-7H,8-15H2,1-3H3. The van der Waals surface area contributed by atoms with Crippen molar-refractivity contribution in [2.24, 2.45) is 0 Å². The molecule has 0 unspecified atom stereocenters. The first kappa shape index (κ1) is 21.5. The second-order valence-corrected chi connectivity index (χ2v) is 8.60. The van der Waals surface area contributed by atoms with Gasteiger partial charge in [-0.05, 0) is 31.3 Å². The van der Waals surface area contributed by atoms with Crippen molar-refractivity contribution in [3.05, 3.63) is 24.3 Å². The number of amides is 1. The van der Waals surface area contributed by atoms with E-state index >= 15 is 0 Å². The third-order valence-corrected chi connectivity index (χ3v) is 5.87. The molecule has 1 fully saturated rings. The number of nitrogens with zero attached hydrogens (tertiary/aromatic N) is 3. The first-order valence-corrected chi connectivity index (χ1v) is 10.8. The average Bonchev–Trinajstić information content (AvgIpc) is 2.64. The molecule has 0 bridgehead atoms. The molecule has 0 N–H and O–H groups in total. The fourth-order valence-electron chi connectivity index (χ4n) is 2.82. The maximum Gasteiger partial charge on any atom is 0.223 e. The van der Waals surface area contributed by atoms with Crippen LogP contribution in [0.3, 0.4) is 0 Å². The smallest absolute Gasteiger partial charge is 0.223 e. The number of sulfonamides is 1. The largest absolute Gasteiger partial charge is 0.497 e. The summed E-state index contributed by atoms with van der Waals surface area (Å²) in [6, 6.07) is 7.08. The van der Waals surface area contributed by atoms with Gasteiger partial charge in [0.05, 0.1) is 13.4 Å². The van der Waals surface area contributed by atoms with Crippen molar-refractivity contribution in [1.82, 2.24) is 14.1 Å². The van der Waals surface area contributed by atoms with E-state index < -0.39 is 10.0 Å². The number of hydrogen-bond donors (Lipinski definition) is 0. The minimum Gasteiger partial charge on any atom is -0.497 e. The number of benzene rings is 1. The van der Waals surface area contributed by atoms with Gasteiger partial charge in [-0.2, -0.15) is 4.31 Å². The number of rotatable bonds is 9. The van der Waals surface area contributed by atoms with Gasteiger partial charge in [0, 0.05) is 45.7 Å². The molecule has 1 aliphatic heterocycles. The highest BCUT2D eigenvalue weighted by Gasteiger charge is 2.22. The molecule has 8 nitrogen and oxygen atoms in total. The molecule has 9 heteroatoms. The first-order valence-electron chi connectivity index (χ1n) is 8.98. The highest BCUT2D eigenvalue weighted by Crippen LogP contribution is 2.17. The normalized spacial score (nSPS) is 15.8. The Hall–Kier alpha value is -1.84. The van der Waals surface area contributed by atoms with Gasteiger partial charge in [-0.3, -0.25) is 4.79 Å². The Kier molecular flexibility index (Phi) is 7.88. The summed E-state index contributed by atoms with van der Waals surface area (Å²) in [7, 11) is 0.200. The van der Waals surface area contributed by atoms with Crippen LogP contribution < -0.4 is 9.47 Å². The zero-order valence-corrected chi connectivity index (χ0v) is 17.1. The number of carbonyl (C=O) groups is 1. The molecule has 152 valence electrons. The van der Waals surface area contributed by atoms with Gasteiger partial charge in [-0.25, -0.2) is 8.42 Å². The van der Waals surface area contributed by atoms with E-state index in [9.17, 15) is 13.2 Å². The molecule has 2 rings (SSSR count). The summed E-state index contributed by atoms with van der Waals surface area (Å²) in [5.74, 6) is 1.35. The number of piperazine rings is 1. The summed E-state index contributed by atoms with van der Waals surface area (Å²) in [5.41, 5.74) is 0. The van der Waals surface area contributed by atoms with E-state index in [1.165, 1.54) is 4.31 Å². The summed E-state index contributed by atoms with van der Waals surface area (Å²) in [6.45, 7) is 3.64. The summed E-state index contributed by atoms with van der Waals surface area (Å²) < 4.78 is 36.0. The van der Waals surface area contributed by atoms with E-state index in [4.69, 9.17) is 9.47 Å². The zero-order chi connectivity index (χ0) is 19.9. The molecule has 0 spiro atoms. The molecule has 1 aromatic carbocycles. The van der Waals surface area contributed by atoms with Crippen LogP contribution in [0.4, 0.5) is 0 Å². The third-order valence-electron chi connectivity index (χ3n) is 4.57. The maximum atomic E-state index is 12.3. The number of methoxy groups -OCH3 is 1. The molecule has 0 radical (unpaired) electrons. The van der Waals surface area contributed by atoms with Crippen molar-refractivity contribution in [2.45, 2.75) is 6.42 Å². The van der Waals surface area contributed by atoms with Gasteiger partial charge in [-0.15, -0.1) is 0 Å². The second-order valence-electron chi connectivity index (χ2n) is 6.62. The summed E-state index contributed by atoms with van der Waals surface area (Å²) in [6.07, 6.45) is 1.33. The van der Waals surface area contributed by atoms with Gasteiger partial charge in [0.15, 0.2) is 0 Å². The van der Waals surface area contributed by atoms with E-state index in [1.807, 2.05) is 7.05 Å². The van der Waals surface area contributed by atoms with Crippen LogP contribution in [0.25, 0.3) is 0 Å². The van der Waals surface area contributed by atoms with E-state index in [2.05, 4.69) is 4.90 Å². The molecular weight excluding hydrogens is 370 g/mol. The summed E-state index contributed by atoms with van der Waals surface area (Å²) >= 11 is 0. The van der Waals surface area contributed by atoms with E-state index in [0.717, 1.165) is 25.1 Å². The molecular formula is C18H29N3O5S. The monoisotopic (exact) mass is 399 g/mol. The average molecular weight is 400 g/mol. The van der Waals surface area contributed by atoms with Crippen molar-refractivity contribution in [1.29, 1.82) is 0 Å². The zero-order valence-electron chi connectivity index (χ0n) is 16.3. The number of carbonyl (C=O) groups excluding carboxylic acids is 1. The van der Waals surface area contributed by atoms with Crippen molar-refractivity contribution >= 4 is 15.9 Å². The Morgan fingerprint density at radius 3 is 2.22 bits per heavy atom. The number of hydrogen-bond acceptors (Lipinski definition) is 6. The molecule has 1 aliphatic rings. The fourth-order valence-corrected chi connectivity index (χ4v) is 3.64. The Bertz CT molecular complexity index is 700. The van der Waals surface area contributed by atoms with Crippen LogP contribution in [0.15, 0.2) is 24.3 Å². The Morgan fingerprint density at radius 2 is 1.67 bits per heavy atom. The van der Waals surface area contributed by atoms with Gasteiger partial charge < -0.3 is 19.3 Å². The topological polar surface area (TPSA) is 79.4 Å². The molecule has 0 atom stereocenters. The molecule has 1 aromatic rings. The lowest BCUT2D eigenvalue weighted by Crippen LogP contribution is -2.48. The van der Waals surface area contributed by atoms with Crippen LogP contribution >= 0.6 is 0 Å². The molecule has 27 heavy (non-hydrogen) atoms. The molecule has 0 saturated carbocycles. The van der Waals surface area contributed by atoms with Crippen LogP contribution in [0.1, 0.15) is 6.42 Å². The van der Waals surface area contributed by atoms with Gasteiger partial charge in [-0.1, -0.05) is 0 Å². The molecule has 1 heterocycles. The summed E-state index contributed by atoms with van der Waals surface area (Å²) in [5, 5.41) is 0. The van der Waals surface area contributed by atoms with Crippen LogP contribution in [-0.2, 0) is 14.8 Å². The van der Waals surface area contributed by atoms with Gasteiger partial charge in [0.1, 0.15) is 18.1 Å². The Morgan fingerprint density at radius 1 is 1.07 bits per heavy atom. The predicted octanol–water partition coefficient (Wildman–Crippen LogP) is 0.500. The lowest BCUT2D eigenvalue weighted by molar-refractivity contribution is -0.132. The third kappa shape index (κ3) is 7.00. The van der Waals surface area contributed by atoms with E-state index in [0.29, 0.717) is 18.8 Å². The highest BCUT2D eigenvalue weighted by atomic mass is 32.2. The van der Waals surface area contributed by atoms with Gasteiger partial charge in [0.25, 0.3) is 0 Å². The lowest BCUT2D eigenvalue weighted by atomic mass is 10.3. The minimum atomic E-state index is -3.41. The molecule has 0 aliphatic carbocycles. The van der Waals surface area contributed by atoms with E-state index in [-0.39, 0.29) is 32.0 Å². The van der Waals surface area contributed by atoms with Crippen LogP contribution in [0, 0.1) is 0 Å². The Labute approximate surface area is 161 Å². The number of ether oxygens (including phenoxy) is 2. The molecule has 1 amide bonds. The second kappa shape index (κ2) is 9.91. The first-order chi connectivity index (χ1) is 12.8. The number of likely N-dealkylation sites (N-methyl/N-ethyl adjacent to an activating group) is 1. The molecule has 0 aromatic heterocycles.